The van der Waals surface area contributed by atoms with Gasteiger partial charge in [0.05, 0.1) is 15.9 Å². The van der Waals surface area contributed by atoms with Crippen LogP contribution in [0.15, 0.2) is 24.3 Å². The van der Waals surface area contributed by atoms with Crippen LogP contribution in [-0.4, -0.2) is 55.9 Å². The smallest absolute Gasteiger partial charge is 0.344 e. The fourth-order valence-electron chi connectivity index (χ4n) is 3.26. The molecule has 3 rings (SSSR count). The van der Waals surface area contributed by atoms with Gasteiger partial charge in [-0.05, 0) is 31.9 Å². The number of hydrogen-bond acceptors (Lipinski definition) is 7. The van der Waals surface area contributed by atoms with Crippen LogP contribution in [0.3, 0.4) is 0 Å². The summed E-state index contributed by atoms with van der Waals surface area (Å²) in [5.74, 6) is -1.31. The maximum absolute atomic E-state index is 12.4. The van der Waals surface area contributed by atoms with E-state index in [1.54, 1.807) is 36.0 Å². The van der Waals surface area contributed by atoms with E-state index in [0.29, 0.717) is 17.0 Å². The lowest BCUT2D eigenvalue weighted by atomic mass is 10.1. The van der Waals surface area contributed by atoms with Crippen molar-refractivity contribution >= 4 is 46.1 Å². The van der Waals surface area contributed by atoms with Gasteiger partial charge in [0.25, 0.3) is 11.8 Å². The summed E-state index contributed by atoms with van der Waals surface area (Å²) in [7, 11) is 0. The average Bonchev–Trinajstić information content (AvgIpc) is 2.97. The van der Waals surface area contributed by atoms with Gasteiger partial charge >= 0.3 is 5.97 Å². The average molecular weight is 422 g/mol. The van der Waals surface area contributed by atoms with Crippen LogP contribution in [0.25, 0.3) is 0 Å². The van der Waals surface area contributed by atoms with Crippen LogP contribution in [0.2, 0.25) is 0 Å². The van der Waals surface area contributed by atoms with Gasteiger partial charge in [-0.2, -0.15) is 0 Å². The van der Waals surface area contributed by atoms with E-state index in [1.165, 1.54) is 0 Å². The highest BCUT2D eigenvalue weighted by molar-refractivity contribution is 8.24. The number of hydrogen-bond donors (Lipinski definition) is 1. The highest BCUT2D eigenvalue weighted by atomic mass is 32.2. The molecule has 1 fully saturated rings. The van der Waals surface area contributed by atoms with E-state index < -0.39 is 24.3 Å². The molecule has 7 nitrogen and oxygen atoms in total. The molecule has 0 aliphatic carbocycles. The second kappa shape index (κ2) is 7.81. The molecule has 2 aliphatic rings. The molecule has 1 saturated heterocycles. The Morgan fingerprint density at radius 2 is 1.82 bits per heavy atom. The minimum Gasteiger partial charge on any atom is -0.367 e. The van der Waals surface area contributed by atoms with E-state index in [0.717, 1.165) is 15.8 Å². The van der Waals surface area contributed by atoms with E-state index >= 15 is 0 Å². The van der Waals surface area contributed by atoms with Gasteiger partial charge in [0.2, 0.25) is 0 Å². The predicted molar refractivity (Wildman–Crippen MR) is 111 cm³/mol. The van der Waals surface area contributed by atoms with Crippen molar-refractivity contribution in [3.8, 4) is 0 Å². The molecular weight excluding hydrogens is 398 g/mol. The van der Waals surface area contributed by atoms with Crippen molar-refractivity contribution in [2.24, 2.45) is 5.92 Å². The molecule has 2 amide bonds. The molecular formula is C19H23N3O4S2. The lowest BCUT2D eigenvalue weighted by Gasteiger charge is -2.32. The molecule has 0 radical (unpaired) electrons. The fraction of sp³-hybridized carbons (Fsp3) is 0.474. The standard InChI is InChI=1S/C19H23N3O4S2/c1-11(2)9-22-17(19(3,4)28-18(22)27)20-26-14(23)10-21-15(24)12-7-5-6-8-13(12)16(21)25/h5-8,11,17,20H,9-10H2,1-4H3. The monoisotopic (exact) mass is 421 g/mol. The number of carbonyl (C=O) groups is 3. The van der Waals surface area contributed by atoms with E-state index in [1.807, 2.05) is 18.7 Å². The molecule has 1 aromatic rings. The number of thioether (sulfide) groups is 1. The Kier molecular flexibility index (Phi) is 5.79. The summed E-state index contributed by atoms with van der Waals surface area (Å²) in [5, 5.41) is 0. The number of rotatable bonds is 6. The number of hydroxylamine groups is 1. The molecule has 9 heteroatoms. The van der Waals surface area contributed by atoms with Gasteiger partial charge in [0, 0.05) is 6.54 Å². The highest BCUT2D eigenvalue weighted by Crippen LogP contribution is 2.40. The van der Waals surface area contributed by atoms with Crippen molar-refractivity contribution < 1.29 is 19.2 Å². The van der Waals surface area contributed by atoms with Crippen LogP contribution in [0.5, 0.6) is 0 Å². The Balaban J connectivity index is 1.63. The predicted octanol–water partition coefficient (Wildman–Crippen LogP) is 2.42. The molecule has 0 spiro atoms. The third kappa shape index (κ3) is 3.92. The lowest BCUT2D eigenvalue weighted by Crippen LogP contribution is -2.53. The number of amides is 2. The topological polar surface area (TPSA) is 79.0 Å². The molecule has 1 atom stereocenters. The summed E-state index contributed by atoms with van der Waals surface area (Å²) in [4.78, 5) is 45.2. The van der Waals surface area contributed by atoms with Gasteiger partial charge in [-0.3, -0.25) is 14.5 Å². The zero-order chi connectivity index (χ0) is 20.6. The Morgan fingerprint density at radius 1 is 1.25 bits per heavy atom. The molecule has 1 N–H and O–H groups in total. The summed E-state index contributed by atoms with van der Waals surface area (Å²) in [5.41, 5.74) is 3.40. The first-order chi connectivity index (χ1) is 13.1. The maximum atomic E-state index is 12.4. The van der Waals surface area contributed by atoms with Crippen molar-refractivity contribution in [3.63, 3.8) is 0 Å². The zero-order valence-electron chi connectivity index (χ0n) is 16.2. The van der Waals surface area contributed by atoms with Crippen molar-refractivity contribution in [1.82, 2.24) is 15.3 Å². The molecule has 2 heterocycles. The number of imide groups is 1. The summed E-state index contributed by atoms with van der Waals surface area (Å²) >= 11 is 7.01. The zero-order valence-corrected chi connectivity index (χ0v) is 17.9. The quantitative estimate of drug-likeness (QED) is 0.426. The van der Waals surface area contributed by atoms with Crippen molar-refractivity contribution in [2.45, 2.75) is 38.6 Å². The fourth-order valence-corrected chi connectivity index (χ4v) is 5.12. The first-order valence-corrected chi connectivity index (χ1v) is 10.2. The molecule has 0 bridgehead atoms. The molecule has 1 unspecified atom stereocenters. The molecule has 0 saturated carbocycles. The highest BCUT2D eigenvalue weighted by Gasteiger charge is 2.45. The van der Waals surface area contributed by atoms with Crippen LogP contribution >= 0.6 is 24.0 Å². The number of thiocarbonyl (C=S) groups is 1. The van der Waals surface area contributed by atoms with Gasteiger partial charge in [-0.25, -0.2) is 4.79 Å². The Hall–Kier alpha value is -1.97. The van der Waals surface area contributed by atoms with Crippen LogP contribution in [0.4, 0.5) is 0 Å². The van der Waals surface area contributed by atoms with E-state index in [9.17, 15) is 14.4 Å². The van der Waals surface area contributed by atoms with Crippen LogP contribution in [0.1, 0.15) is 48.4 Å². The minimum atomic E-state index is -0.711. The van der Waals surface area contributed by atoms with Crippen molar-refractivity contribution in [1.29, 1.82) is 0 Å². The molecule has 1 aromatic carbocycles. The number of carbonyl (C=O) groups excluding carboxylic acids is 3. The second-order valence-corrected chi connectivity index (χ2v) is 10.0. The third-order valence-electron chi connectivity index (χ3n) is 4.57. The SMILES string of the molecule is CC(C)CN1C(=S)SC(C)(C)C1NOC(=O)CN1C(=O)c2ccccc2C1=O. The van der Waals surface area contributed by atoms with Crippen molar-refractivity contribution in [2.75, 3.05) is 13.1 Å². The van der Waals surface area contributed by atoms with Gasteiger partial charge in [0.15, 0.2) is 0 Å². The second-order valence-electron chi connectivity index (χ2n) is 7.75. The summed E-state index contributed by atoms with van der Waals surface area (Å²) in [6.45, 7) is 8.48. The van der Waals surface area contributed by atoms with Crippen LogP contribution < -0.4 is 5.48 Å². The first kappa shape index (κ1) is 20.8. The molecule has 150 valence electrons. The Morgan fingerprint density at radius 3 is 2.36 bits per heavy atom. The van der Waals surface area contributed by atoms with Crippen LogP contribution in [-0.2, 0) is 9.63 Å². The van der Waals surface area contributed by atoms with Gasteiger partial charge in [-0.15, -0.1) is 5.48 Å². The Labute approximate surface area is 173 Å². The lowest BCUT2D eigenvalue weighted by molar-refractivity contribution is -0.156. The summed E-state index contributed by atoms with van der Waals surface area (Å²) in [6.07, 6.45) is -0.307. The number of fused-ring (bicyclic) bond motifs is 1. The third-order valence-corrected chi connectivity index (χ3v) is 6.21. The molecule has 2 aliphatic heterocycles. The van der Waals surface area contributed by atoms with Gasteiger partial charge < -0.3 is 9.74 Å². The number of benzene rings is 1. The maximum Gasteiger partial charge on any atom is 0.344 e. The van der Waals surface area contributed by atoms with E-state index in [4.69, 9.17) is 17.1 Å². The summed E-state index contributed by atoms with van der Waals surface area (Å²) < 4.78 is 0.439. The number of nitrogens with one attached hydrogen (secondary N) is 1. The normalized spacial score (nSPS) is 20.9. The van der Waals surface area contributed by atoms with E-state index in [2.05, 4.69) is 19.3 Å². The molecule has 28 heavy (non-hydrogen) atoms. The van der Waals surface area contributed by atoms with Crippen molar-refractivity contribution in [3.05, 3.63) is 35.4 Å². The molecule has 0 aromatic heterocycles. The van der Waals surface area contributed by atoms with E-state index in [-0.39, 0.29) is 10.9 Å². The minimum absolute atomic E-state index is 0.301. The largest absolute Gasteiger partial charge is 0.367 e. The summed E-state index contributed by atoms with van der Waals surface area (Å²) in [6, 6.07) is 6.50. The Bertz CT molecular complexity index is 805. The van der Waals surface area contributed by atoms with Gasteiger partial charge in [-0.1, -0.05) is 50.0 Å². The van der Waals surface area contributed by atoms with Gasteiger partial charge in [0.1, 0.15) is 17.0 Å². The van der Waals surface area contributed by atoms with Crippen LogP contribution in [0, 0.1) is 5.92 Å². The number of nitrogens with zero attached hydrogens (tertiary/aromatic N) is 2. The first-order valence-electron chi connectivity index (χ1n) is 9.02.